The number of unbranched alkanes of at least 4 members (excludes halogenated alkanes) is 18. The van der Waals surface area contributed by atoms with Crippen molar-refractivity contribution in [2.45, 2.75) is 221 Å². The van der Waals surface area contributed by atoms with Gasteiger partial charge in [0.05, 0.1) is 13.2 Å². The Kier molecular flexibility index (Phi) is 33.3. The normalized spacial score (nSPS) is 14.4. The van der Waals surface area contributed by atoms with Crippen LogP contribution in [-0.4, -0.2) is 19.5 Å². The Balaban J connectivity index is 5.20. The van der Waals surface area contributed by atoms with E-state index in [0.29, 0.717) is 11.8 Å². The first-order chi connectivity index (χ1) is 20.7. The van der Waals surface area contributed by atoms with Crippen molar-refractivity contribution < 1.29 is 9.47 Å². The van der Waals surface area contributed by atoms with Gasteiger partial charge >= 0.3 is 0 Å². The van der Waals surface area contributed by atoms with Gasteiger partial charge in [0.25, 0.3) is 0 Å². The van der Waals surface area contributed by atoms with E-state index in [0.717, 1.165) is 19.6 Å². The van der Waals surface area contributed by atoms with Crippen molar-refractivity contribution in [3.05, 3.63) is 11.6 Å². The van der Waals surface area contributed by atoms with E-state index in [4.69, 9.17) is 9.47 Å². The molecular formula is C40H80O2. The van der Waals surface area contributed by atoms with Crippen LogP contribution in [0.15, 0.2) is 11.6 Å². The van der Waals surface area contributed by atoms with Gasteiger partial charge in [0.1, 0.15) is 0 Å². The molecule has 42 heavy (non-hydrogen) atoms. The molecular weight excluding hydrogens is 512 g/mol. The summed E-state index contributed by atoms with van der Waals surface area (Å²) in [5, 5.41) is 0. The fourth-order valence-electron chi connectivity index (χ4n) is 6.03. The second-order valence-electron chi connectivity index (χ2n) is 13.5. The Labute approximate surface area is 267 Å². The van der Waals surface area contributed by atoms with E-state index in [1.807, 2.05) is 0 Å². The molecule has 0 rings (SSSR count). The lowest BCUT2D eigenvalue weighted by Crippen LogP contribution is -2.26. The van der Waals surface area contributed by atoms with E-state index < -0.39 is 0 Å². The number of hydrogen-bond acceptors (Lipinski definition) is 2. The Bertz CT molecular complexity index is 522. The molecule has 0 aliphatic carbocycles. The number of hydrogen-bond donors (Lipinski definition) is 0. The summed E-state index contributed by atoms with van der Waals surface area (Å²) in [6.45, 7) is 15.6. The summed E-state index contributed by atoms with van der Waals surface area (Å²) in [7, 11) is 0. The van der Waals surface area contributed by atoms with E-state index in [2.05, 4.69) is 47.6 Å². The van der Waals surface area contributed by atoms with Crippen LogP contribution in [0.5, 0.6) is 0 Å². The summed E-state index contributed by atoms with van der Waals surface area (Å²) in [5.74, 6) is 1.31. The molecule has 252 valence electrons. The lowest BCUT2D eigenvalue weighted by molar-refractivity contribution is -0.137. The lowest BCUT2D eigenvalue weighted by Gasteiger charge is -2.27. The molecule has 0 aromatic carbocycles. The molecule has 2 unspecified atom stereocenters. The minimum absolute atomic E-state index is 0.139. The molecule has 0 N–H and O–H groups in total. The third-order valence-electron chi connectivity index (χ3n) is 9.39. The molecule has 2 atom stereocenters. The zero-order valence-corrected chi connectivity index (χ0v) is 30.1. The standard InChI is InChI=1S/C40H80O2/c1-7-13-17-19-21-23-24-26-28-30-34-39(33-29-27-25-22-20-18-14-8-2)40(41-35-37(11-5)31-15-9-3)42-36-38(12-6)32-16-10-4/h34,37-38,40H,7-33,35-36H2,1-6H3/b39-34+. The van der Waals surface area contributed by atoms with Gasteiger partial charge in [0.2, 0.25) is 0 Å². The van der Waals surface area contributed by atoms with Crippen molar-refractivity contribution in [2.75, 3.05) is 13.2 Å². The fraction of sp³-hybridized carbons (Fsp3) is 0.950. The minimum atomic E-state index is -0.139. The zero-order chi connectivity index (χ0) is 30.9. The third-order valence-corrected chi connectivity index (χ3v) is 9.39. The van der Waals surface area contributed by atoms with Crippen LogP contribution in [-0.2, 0) is 9.47 Å². The van der Waals surface area contributed by atoms with Crippen LogP contribution in [0.2, 0.25) is 0 Å². The van der Waals surface area contributed by atoms with Gasteiger partial charge < -0.3 is 9.47 Å². The quantitative estimate of drug-likeness (QED) is 0.0420. The predicted octanol–water partition coefficient (Wildman–Crippen LogP) is 14.2. The van der Waals surface area contributed by atoms with E-state index in [9.17, 15) is 0 Å². The van der Waals surface area contributed by atoms with Gasteiger partial charge in [-0.25, -0.2) is 0 Å². The molecule has 0 spiro atoms. The molecule has 0 aliphatic heterocycles. The molecule has 0 aliphatic rings. The Morgan fingerprint density at radius 3 is 1.24 bits per heavy atom. The lowest BCUT2D eigenvalue weighted by atomic mass is 9.99. The molecule has 0 heterocycles. The highest BCUT2D eigenvalue weighted by atomic mass is 16.7. The maximum absolute atomic E-state index is 6.73. The van der Waals surface area contributed by atoms with Crippen LogP contribution in [0.25, 0.3) is 0 Å². The Hall–Kier alpha value is -0.340. The van der Waals surface area contributed by atoms with Crippen LogP contribution in [0.1, 0.15) is 215 Å². The first-order valence-electron chi connectivity index (χ1n) is 19.6. The van der Waals surface area contributed by atoms with Gasteiger partial charge in [0, 0.05) is 0 Å². The van der Waals surface area contributed by atoms with Gasteiger partial charge in [-0.1, -0.05) is 182 Å². The van der Waals surface area contributed by atoms with Crippen molar-refractivity contribution in [3.8, 4) is 0 Å². The van der Waals surface area contributed by atoms with E-state index in [1.165, 1.54) is 173 Å². The van der Waals surface area contributed by atoms with E-state index in [-0.39, 0.29) is 6.29 Å². The predicted molar refractivity (Wildman–Crippen MR) is 189 cm³/mol. The van der Waals surface area contributed by atoms with Gasteiger partial charge in [0.15, 0.2) is 6.29 Å². The molecule has 0 saturated carbocycles. The van der Waals surface area contributed by atoms with Crippen LogP contribution >= 0.6 is 0 Å². The van der Waals surface area contributed by atoms with Crippen LogP contribution in [0.3, 0.4) is 0 Å². The molecule has 0 amide bonds. The minimum Gasteiger partial charge on any atom is -0.348 e. The molecule has 0 bridgehead atoms. The van der Waals surface area contributed by atoms with Gasteiger partial charge in [-0.15, -0.1) is 0 Å². The number of rotatable bonds is 34. The van der Waals surface area contributed by atoms with Crippen LogP contribution in [0.4, 0.5) is 0 Å². The smallest absolute Gasteiger partial charge is 0.179 e. The Morgan fingerprint density at radius 1 is 0.452 bits per heavy atom. The molecule has 2 heteroatoms. The monoisotopic (exact) mass is 593 g/mol. The van der Waals surface area contributed by atoms with Crippen molar-refractivity contribution in [3.63, 3.8) is 0 Å². The number of ether oxygens (including phenoxy) is 2. The second kappa shape index (κ2) is 33.6. The summed E-state index contributed by atoms with van der Waals surface area (Å²) in [4.78, 5) is 0. The molecule has 2 nitrogen and oxygen atoms in total. The van der Waals surface area contributed by atoms with Crippen molar-refractivity contribution >= 4 is 0 Å². The topological polar surface area (TPSA) is 18.5 Å². The maximum Gasteiger partial charge on any atom is 0.179 e. The highest BCUT2D eigenvalue weighted by molar-refractivity contribution is 5.06. The van der Waals surface area contributed by atoms with Gasteiger partial charge in [-0.2, -0.15) is 0 Å². The van der Waals surface area contributed by atoms with Crippen molar-refractivity contribution in [2.24, 2.45) is 11.8 Å². The summed E-state index contributed by atoms with van der Waals surface area (Å²) < 4.78 is 13.5. The second-order valence-corrected chi connectivity index (χ2v) is 13.5. The first-order valence-corrected chi connectivity index (χ1v) is 19.6. The van der Waals surface area contributed by atoms with Crippen LogP contribution in [0, 0.1) is 11.8 Å². The molecule has 0 radical (unpaired) electrons. The van der Waals surface area contributed by atoms with Crippen molar-refractivity contribution in [1.82, 2.24) is 0 Å². The van der Waals surface area contributed by atoms with Gasteiger partial charge in [-0.3, -0.25) is 0 Å². The Morgan fingerprint density at radius 2 is 0.833 bits per heavy atom. The molecule has 0 aromatic heterocycles. The summed E-state index contributed by atoms with van der Waals surface area (Å²) in [5.41, 5.74) is 1.45. The fourth-order valence-corrected chi connectivity index (χ4v) is 6.03. The van der Waals surface area contributed by atoms with Crippen LogP contribution < -0.4 is 0 Å². The maximum atomic E-state index is 6.73. The third kappa shape index (κ3) is 26.1. The van der Waals surface area contributed by atoms with E-state index >= 15 is 0 Å². The number of allylic oxidation sites excluding steroid dienone is 1. The zero-order valence-electron chi connectivity index (χ0n) is 30.1. The SMILES string of the molecule is CCCCCCCCCCC/C=C(\CCCCCCCCCC)C(OCC(CC)CCCC)OCC(CC)CCCC. The molecule has 0 aromatic rings. The first kappa shape index (κ1) is 41.7. The highest BCUT2D eigenvalue weighted by Crippen LogP contribution is 2.24. The average Bonchev–Trinajstić information content (AvgIpc) is 3.01. The largest absolute Gasteiger partial charge is 0.348 e. The van der Waals surface area contributed by atoms with E-state index in [1.54, 1.807) is 0 Å². The van der Waals surface area contributed by atoms with Gasteiger partial charge in [-0.05, 0) is 55.9 Å². The molecule has 0 fully saturated rings. The average molecular weight is 593 g/mol. The molecule has 0 saturated heterocycles. The van der Waals surface area contributed by atoms with Crippen molar-refractivity contribution in [1.29, 1.82) is 0 Å². The summed E-state index contributed by atoms with van der Waals surface area (Å²) in [6, 6.07) is 0. The summed E-state index contributed by atoms with van der Waals surface area (Å²) >= 11 is 0. The highest BCUT2D eigenvalue weighted by Gasteiger charge is 2.20. The summed E-state index contributed by atoms with van der Waals surface area (Å²) in [6.07, 6.45) is 38.4.